The Morgan fingerprint density at radius 1 is 1.50 bits per heavy atom. The molecule has 1 aromatic carbocycles. The van der Waals surface area contributed by atoms with E-state index in [9.17, 15) is 4.39 Å². The molecule has 1 N–H and O–H groups in total. The van der Waals surface area contributed by atoms with Gasteiger partial charge in [0.1, 0.15) is 17.7 Å². The number of imidazole rings is 1. The predicted octanol–water partition coefficient (Wildman–Crippen LogP) is 3.32. The van der Waals surface area contributed by atoms with Gasteiger partial charge in [-0.25, -0.2) is 9.37 Å². The highest BCUT2D eigenvalue weighted by molar-refractivity contribution is 6.31. The minimum atomic E-state index is -0.319. The van der Waals surface area contributed by atoms with Crippen LogP contribution in [0.2, 0.25) is 5.02 Å². The van der Waals surface area contributed by atoms with Gasteiger partial charge in [0.05, 0.1) is 0 Å². The number of aromatic nitrogens is 2. The molecule has 0 bridgehead atoms. The van der Waals surface area contributed by atoms with E-state index in [4.69, 9.17) is 16.3 Å². The summed E-state index contributed by atoms with van der Waals surface area (Å²) in [5, 5.41) is 3.91. The van der Waals surface area contributed by atoms with Crippen molar-refractivity contribution in [3.05, 3.63) is 52.8 Å². The second-order valence-corrected chi connectivity index (χ2v) is 5.78. The van der Waals surface area contributed by atoms with Crippen molar-refractivity contribution in [2.75, 3.05) is 6.61 Å². The molecule has 1 aliphatic rings. The maximum atomic E-state index is 13.1. The molecule has 0 amide bonds. The standard InChI is InChI=1S/C16H19ClFN3O/c1-2-21-7-6-19-16(21)15-14(5-8-22-15)20-10-11-3-4-12(18)9-13(11)17/h3-4,6-7,9,14-15,20H,2,5,8,10H2,1H3/t14-,15-/m0/s1. The van der Waals surface area contributed by atoms with Crippen LogP contribution in [-0.4, -0.2) is 22.2 Å². The zero-order chi connectivity index (χ0) is 15.5. The summed E-state index contributed by atoms with van der Waals surface area (Å²) >= 11 is 6.07. The smallest absolute Gasteiger partial charge is 0.139 e. The highest BCUT2D eigenvalue weighted by Crippen LogP contribution is 2.29. The molecule has 0 radical (unpaired) electrons. The van der Waals surface area contributed by atoms with Crippen molar-refractivity contribution in [2.45, 2.75) is 38.6 Å². The Morgan fingerprint density at radius 3 is 3.14 bits per heavy atom. The molecule has 118 valence electrons. The second kappa shape index (κ2) is 6.77. The van der Waals surface area contributed by atoms with Gasteiger partial charge in [0.2, 0.25) is 0 Å². The summed E-state index contributed by atoms with van der Waals surface area (Å²) in [7, 11) is 0. The van der Waals surface area contributed by atoms with Gasteiger partial charge < -0.3 is 14.6 Å². The molecule has 1 aromatic heterocycles. The first kappa shape index (κ1) is 15.5. The number of rotatable bonds is 5. The van der Waals surface area contributed by atoms with E-state index in [1.807, 2.05) is 6.20 Å². The van der Waals surface area contributed by atoms with E-state index in [1.165, 1.54) is 12.1 Å². The Bertz CT molecular complexity index is 646. The average molecular weight is 324 g/mol. The van der Waals surface area contributed by atoms with Crippen LogP contribution in [-0.2, 0) is 17.8 Å². The molecule has 1 saturated heterocycles. The van der Waals surface area contributed by atoms with Crippen LogP contribution >= 0.6 is 11.6 Å². The van der Waals surface area contributed by atoms with Crippen LogP contribution in [0.15, 0.2) is 30.6 Å². The normalized spacial score (nSPS) is 21.4. The van der Waals surface area contributed by atoms with Gasteiger partial charge in [-0.2, -0.15) is 0 Å². The Kier molecular flexibility index (Phi) is 4.76. The highest BCUT2D eigenvalue weighted by Gasteiger charge is 2.32. The number of ether oxygens (including phenoxy) is 1. The maximum absolute atomic E-state index is 13.1. The zero-order valence-electron chi connectivity index (χ0n) is 12.4. The van der Waals surface area contributed by atoms with E-state index in [0.29, 0.717) is 18.2 Å². The summed E-state index contributed by atoms with van der Waals surface area (Å²) in [5.41, 5.74) is 0.882. The molecule has 1 fully saturated rings. The van der Waals surface area contributed by atoms with Gasteiger partial charge >= 0.3 is 0 Å². The summed E-state index contributed by atoms with van der Waals surface area (Å²) in [5.74, 6) is 0.628. The predicted molar refractivity (Wildman–Crippen MR) is 83.2 cm³/mol. The number of hydrogen-bond acceptors (Lipinski definition) is 3. The molecule has 2 aromatic rings. The first-order chi connectivity index (χ1) is 10.7. The van der Waals surface area contributed by atoms with E-state index in [2.05, 4.69) is 21.8 Å². The van der Waals surface area contributed by atoms with Crippen molar-refractivity contribution in [3.8, 4) is 0 Å². The van der Waals surface area contributed by atoms with Crippen molar-refractivity contribution >= 4 is 11.6 Å². The summed E-state index contributed by atoms with van der Waals surface area (Å²) in [4.78, 5) is 4.43. The van der Waals surface area contributed by atoms with Gasteiger partial charge in [-0.3, -0.25) is 0 Å². The highest BCUT2D eigenvalue weighted by atomic mass is 35.5. The van der Waals surface area contributed by atoms with E-state index in [1.54, 1.807) is 12.3 Å². The quantitative estimate of drug-likeness (QED) is 0.917. The number of hydrogen-bond donors (Lipinski definition) is 1. The van der Waals surface area contributed by atoms with Crippen molar-refractivity contribution in [2.24, 2.45) is 0 Å². The van der Waals surface area contributed by atoms with Crippen LogP contribution in [0.3, 0.4) is 0 Å². The SMILES string of the molecule is CCn1ccnc1[C@H]1OCC[C@@H]1NCc1ccc(F)cc1Cl. The van der Waals surface area contributed by atoms with Crippen LogP contribution in [0.5, 0.6) is 0 Å². The molecule has 3 rings (SSSR count). The third-order valence-electron chi connectivity index (χ3n) is 4.00. The fourth-order valence-corrected chi connectivity index (χ4v) is 3.04. The fourth-order valence-electron chi connectivity index (χ4n) is 2.80. The average Bonchev–Trinajstić information content (AvgIpc) is 3.14. The number of nitrogens with zero attached hydrogens (tertiary/aromatic N) is 2. The lowest BCUT2D eigenvalue weighted by atomic mass is 10.1. The van der Waals surface area contributed by atoms with Crippen molar-refractivity contribution < 1.29 is 9.13 Å². The van der Waals surface area contributed by atoms with Crippen molar-refractivity contribution in [3.63, 3.8) is 0 Å². The van der Waals surface area contributed by atoms with Gasteiger partial charge in [0.15, 0.2) is 0 Å². The fraction of sp³-hybridized carbons (Fsp3) is 0.438. The van der Waals surface area contributed by atoms with Crippen LogP contribution in [0.25, 0.3) is 0 Å². The Balaban J connectivity index is 1.69. The van der Waals surface area contributed by atoms with Gasteiger partial charge in [0, 0.05) is 43.2 Å². The lowest BCUT2D eigenvalue weighted by molar-refractivity contribution is 0.0886. The zero-order valence-corrected chi connectivity index (χ0v) is 13.2. The third kappa shape index (κ3) is 3.16. The lowest BCUT2D eigenvalue weighted by Crippen LogP contribution is -2.32. The van der Waals surface area contributed by atoms with Crippen LogP contribution in [0.4, 0.5) is 4.39 Å². The maximum Gasteiger partial charge on any atom is 0.139 e. The minimum absolute atomic E-state index is 0.0610. The summed E-state index contributed by atoms with van der Waals surface area (Å²) in [6, 6.07) is 4.65. The number of halogens is 2. The summed E-state index contributed by atoms with van der Waals surface area (Å²) in [6.45, 7) is 4.24. The molecule has 1 aliphatic heterocycles. The number of nitrogens with one attached hydrogen (secondary N) is 1. The van der Waals surface area contributed by atoms with Crippen LogP contribution < -0.4 is 5.32 Å². The molecule has 0 spiro atoms. The van der Waals surface area contributed by atoms with Crippen molar-refractivity contribution in [1.29, 1.82) is 0 Å². The molecule has 4 nitrogen and oxygen atoms in total. The molecular weight excluding hydrogens is 305 g/mol. The van der Waals surface area contributed by atoms with Gasteiger partial charge in [-0.15, -0.1) is 0 Å². The second-order valence-electron chi connectivity index (χ2n) is 5.37. The van der Waals surface area contributed by atoms with E-state index < -0.39 is 0 Å². The largest absolute Gasteiger partial charge is 0.369 e. The molecular formula is C16H19ClFN3O. The molecule has 0 unspecified atom stereocenters. The van der Waals surface area contributed by atoms with Crippen LogP contribution in [0, 0.1) is 5.82 Å². The monoisotopic (exact) mass is 323 g/mol. The van der Waals surface area contributed by atoms with E-state index in [-0.39, 0.29) is 18.0 Å². The molecule has 22 heavy (non-hydrogen) atoms. The molecule has 2 heterocycles. The molecule has 6 heteroatoms. The topological polar surface area (TPSA) is 39.1 Å². The Hall–Kier alpha value is -1.43. The summed E-state index contributed by atoms with van der Waals surface area (Å²) < 4.78 is 21.0. The third-order valence-corrected chi connectivity index (χ3v) is 4.36. The van der Waals surface area contributed by atoms with Crippen LogP contribution in [0.1, 0.15) is 30.8 Å². The lowest BCUT2D eigenvalue weighted by Gasteiger charge is -2.20. The van der Waals surface area contributed by atoms with Gasteiger partial charge in [0.25, 0.3) is 0 Å². The number of aryl methyl sites for hydroxylation is 1. The first-order valence-corrected chi connectivity index (χ1v) is 7.86. The van der Waals surface area contributed by atoms with Gasteiger partial charge in [-0.1, -0.05) is 17.7 Å². The Labute approximate surface area is 134 Å². The molecule has 0 aliphatic carbocycles. The van der Waals surface area contributed by atoms with E-state index >= 15 is 0 Å². The Morgan fingerprint density at radius 2 is 2.36 bits per heavy atom. The van der Waals surface area contributed by atoms with Gasteiger partial charge in [-0.05, 0) is 31.0 Å². The minimum Gasteiger partial charge on any atom is -0.369 e. The first-order valence-electron chi connectivity index (χ1n) is 7.49. The molecule has 2 atom stereocenters. The van der Waals surface area contributed by atoms with E-state index in [0.717, 1.165) is 24.4 Å². The molecule has 0 saturated carbocycles. The number of benzene rings is 1. The summed E-state index contributed by atoms with van der Waals surface area (Å²) in [6.07, 6.45) is 4.62. The van der Waals surface area contributed by atoms with Crippen molar-refractivity contribution in [1.82, 2.24) is 14.9 Å².